The maximum Gasteiger partial charge on any atom is 0.252 e. The van der Waals surface area contributed by atoms with Crippen LogP contribution in [0.5, 0.6) is 0 Å². The third-order valence-electron chi connectivity index (χ3n) is 7.17. The number of benzene rings is 2. The number of likely N-dealkylation sites (tertiary alicyclic amines) is 1. The first-order valence-corrected chi connectivity index (χ1v) is 12.9. The fourth-order valence-corrected chi connectivity index (χ4v) is 5.98. The predicted molar refractivity (Wildman–Crippen MR) is 119 cm³/mol. The molecule has 0 aromatic heterocycles. The zero-order chi connectivity index (χ0) is 24.1. The Hall–Kier alpha value is -2.43. The Morgan fingerprint density at radius 2 is 1.91 bits per heavy atom. The molecule has 0 bridgehead atoms. The highest BCUT2D eigenvalue weighted by molar-refractivity contribution is 7.89. The van der Waals surface area contributed by atoms with Gasteiger partial charge in [0.1, 0.15) is 17.7 Å². The van der Waals surface area contributed by atoms with Gasteiger partial charge in [-0.3, -0.25) is 4.79 Å². The number of alkyl halides is 1. The van der Waals surface area contributed by atoms with Gasteiger partial charge in [0.05, 0.1) is 12.6 Å². The Morgan fingerprint density at radius 3 is 2.53 bits per heavy atom. The normalized spacial score (nSPS) is 25.4. The molecule has 1 amide bonds. The molecule has 2 heterocycles. The zero-order valence-corrected chi connectivity index (χ0v) is 19.2. The highest BCUT2D eigenvalue weighted by Gasteiger charge is 2.62. The van der Waals surface area contributed by atoms with Gasteiger partial charge in [-0.25, -0.2) is 26.3 Å². The molecule has 10 heteroatoms. The second kappa shape index (κ2) is 8.66. The number of carbonyl (C=O) groups is 1. The van der Waals surface area contributed by atoms with Crippen LogP contribution in [0.2, 0.25) is 0 Å². The van der Waals surface area contributed by atoms with Crippen molar-refractivity contribution in [3.63, 3.8) is 0 Å². The number of nitrogens with zero attached hydrogens (tertiary/aromatic N) is 1. The molecule has 1 spiro atoms. The molecule has 1 aliphatic carbocycles. The van der Waals surface area contributed by atoms with Gasteiger partial charge < -0.3 is 9.64 Å². The van der Waals surface area contributed by atoms with Crippen molar-refractivity contribution in [1.82, 2.24) is 9.62 Å². The summed E-state index contributed by atoms with van der Waals surface area (Å²) in [5, 5.41) is 0. The minimum absolute atomic E-state index is 0.0225. The van der Waals surface area contributed by atoms with Crippen LogP contribution in [0.25, 0.3) is 11.1 Å². The van der Waals surface area contributed by atoms with Crippen molar-refractivity contribution in [3.05, 3.63) is 59.7 Å². The van der Waals surface area contributed by atoms with Crippen molar-refractivity contribution in [2.45, 2.75) is 43.9 Å². The highest BCUT2D eigenvalue weighted by Crippen LogP contribution is 2.56. The van der Waals surface area contributed by atoms with Gasteiger partial charge in [0.25, 0.3) is 5.91 Å². The van der Waals surface area contributed by atoms with E-state index in [-0.39, 0.29) is 23.5 Å². The first-order chi connectivity index (χ1) is 16.2. The quantitative estimate of drug-likeness (QED) is 0.642. The summed E-state index contributed by atoms with van der Waals surface area (Å²) in [5.41, 5.74) is 0.344. The van der Waals surface area contributed by atoms with Crippen LogP contribution in [0.4, 0.5) is 13.2 Å². The van der Waals surface area contributed by atoms with Gasteiger partial charge in [0, 0.05) is 30.0 Å². The Labute approximate surface area is 196 Å². The fourth-order valence-electron chi connectivity index (χ4n) is 5.13. The number of carbonyl (C=O) groups excluding carboxylic acids is 1. The molecular weight excluding hydrogens is 469 g/mol. The van der Waals surface area contributed by atoms with Gasteiger partial charge in [0.2, 0.25) is 16.0 Å². The lowest BCUT2D eigenvalue weighted by molar-refractivity contribution is -0.157. The van der Waals surface area contributed by atoms with Crippen molar-refractivity contribution in [3.8, 4) is 11.1 Å². The van der Waals surface area contributed by atoms with E-state index < -0.39 is 51.3 Å². The van der Waals surface area contributed by atoms with Crippen LogP contribution in [-0.2, 0) is 26.0 Å². The Balaban J connectivity index is 1.51. The largest absolute Gasteiger partial charge is 0.368 e. The van der Waals surface area contributed by atoms with E-state index in [1.807, 2.05) is 0 Å². The van der Waals surface area contributed by atoms with Crippen molar-refractivity contribution in [2.75, 3.05) is 19.2 Å². The molecule has 0 unspecified atom stereocenters. The molecule has 0 radical (unpaired) electrons. The molecule has 6 nitrogen and oxygen atoms in total. The van der Waals surface area contributed by atoms with Gasteiger partial charge in [0.15, 0.2) is 0 Å². The smallest absolute Gasteiger partial charge is 0.252 e. The Kier molecular flexibility index (Phi) is 5.94. The number of hydrogen-bond acceptors (Lipinski definition) is 4. The topological polar surface area (TPSA) is 75.7 Å². The second-order valence-electron chi connectivity index (χ2n) is 9.36. The molecule has 34 heavy (non-hydrogen) atoms. The van der Waals surface area contributed by atoms with E-state index in [1.165, 1.54) is 18.2 Å². The van der Waals surface area contributed by atoms with Crippen LogP contribution in [0.15, 0.2) is 42.5 Å². The van der Waals surface area contributed by atoms with E-state index >= 15 is 4.39 Å². The molecule has 1 saturated carbocycles. The lowest BCUT2D eigenvalue weighted by Crippen LogP contribution is -2.53. The van der Waals surface area contributed by atoms with Gasteiger partial charge in [-0.15, -0.1) is 0 Å². The summed E-state index contributed by atoms with van der Waals surface area (Å²) in [4.78, 5) is 14.7. The summed E-state index contributed by atoms with van der Waals surface area (Å²) in [6.07, 6.45) is 1.36. The molecule has 2 aromatic carbocycles. The van der Waals surface area contributed by atoms with Crippen molar-refractivity contribution < 1.29 is 31.1 Å². The highest BCUT2D eigenvalue weighted by atomic mass is 32.2. The number of nitrogens with one attached hydrogen (secondary N) is 1. The van der Waals surface area contributed by atoms with Crippen LogP contribution in [0.1, 0.15) is 24.8 Å². The molecule has 3 atom stereocenters. The number of ether oxygens (including phenoxy) is 1. The molecule has 3 aliphatic rings. The summed E-state index contributed by atoms with van der Waals surface area (Å²) in [6, 6.07) is 7.32. The number of halogens is 3. The van der Waals surface area contributed by atoms with E-state index in [2.05, 4.69) is 4.72 Å². The predicted octanol–water partition coefficient (Wildman–Crippen LogP) is 3.17. The van der Waals surface area contributed by atoms with Crippen molar-refractivity contribution in [1.29, 1.82) is 0 Å². The van der Waals surface area contributed by atoms with E-state index in [1.54, 1.807) is 29.2 Å². The average molecular weight is 495 g/mol. The van der Waals surface area contributed by atoms with Crippen LogP contribution >= 0.6 is 0 Å². The molecule has 182 valence electrons. The number of rotatable bonds is 7. The van der Waals surface area contributed by atoms with Crippen molar-refractivity contribution >= 4 is 15.9 Å². The third-order valence-corrected chi connectivity index (χ3v) is 8.07. The minimum Gasteiger partial charge on any atom is -0.368 e. The zero-order valence-electron chi connectivity index (χ0n) is 18.3. The van der Waals surface area contributed by atoms with Gasteiger partial charge >= 0.3 is 0 Å². The van der Waals surface area contributed by atoms with E-state index in [0.717, 1.165) is 0 Å². The van der Waals surface area contributed by atoms with E-state index in [0.29, 0.717) is 38.0 Å². The molecule has 2 saturated heterocycles. The number of amides is 1. The first-order valence-electron chi connectivity index (χ1n) is 11.2. The third kappa shape index (κ3) is 4.23. The van der Waals surface area contributed by atoms with E-state index in [4.69, 9.17) is 4.74 Å². The lowest BCUT2D eigenvalue weighted by Gasteiger charge is -2.34. The summed E-state index contributed by atoms with van der Waals surface area (Å²) in [7, 11) is -4.21. The summed E-state index contributed by atoms with van der Waals surface area (Å²) in [5.74, 6) is -1.32. The minimum atomic E-state index is -4.21. The van der Waals surface area contributed by atoms with Crippen LogP contribution in [0, 0.1) is 17.0 Å². The molecule has 2 aromatic rings. The van der Waals surface area contributed by atoms with Crippen LogP contribution in [0.3, 0.4) is 0 Å². The molecule has 3 fully saturated rings. The SMILES string of the molecule is O=C([C@H]1CCO1)N1CC2(CC2)[C@H](NS(=O)(=O)CF)[C@@H]1Cc1cccc(-c2cccc(F)c2)c1F. The van der Waals surface area contributed by atoms with Crippen LogP contribution in [-0.4, -0.2) is 56.6 Å². The summed E-state index contributed by atoms with van der Waals surface area (Å²) >= 11 is 0. The van der Waals surface area contributed by atoms with Crippen molar-refractivity contribution in [2.24, 2.45) is 5.41 Å². The number of sulfonamides is 1. The average Bonchev–Trinajstić information content (AvgIpc) is 3.49. The Bertz CT molecular complexity index is 1210. The second-order valence-corrected chi connectivity index (χ2v) is 11.0. The first kappa shape index (κ1) is 23.3. The molecular formula is C24H25F3N2O4S. The maximum absolute atomic E-state index is 15.6. The summed E-state index contributed by atoms with van der Waals surface area (Å²) < 4.78 is 74.7. The molecule has 1 N–H and O–H groups in total. The Morgan fingerprint density at radius 1 is 1.18 bits per heavy atom. The van der Waals surface area contributed by atoms with Gasteiger partial charge in [-0.05, 0) is 42.5 Å². The van der Waals surface area contributed by atoms with Crippen LogP contribution < -0.4 is 4.72 Å². The van der Waals surface area contributed by atoms with E-state index in [9.17, 15) is 22.0 Å². The number of hydrogen-bond donors (Lipinski definition) is 1. The van der Waals surface area contributed by atoms with Gasteiger partial charge in [-0.1, -0.05) is 30.3 Å². The fraction of sp³-hybridized carbons (Fsp3) is 0.458. The molecule has 2 aliphatic heterocycles. The molecule has 5 rings (SSSR count). The summed E-state index contributed by atoms with van der Waals surface area (Å²) in [6.45, 7) is 0.781. The maximum atomic E-state index is 15.6. The lowest BCUT2D eigenvalue weighted by atomic mass is 9.91. The van der Waals surface area contributed by atoms with Gasteiger partial charge in [-0.2, -0.15) is 0 Å². The standard InChI is InChI=1S/C24H25F3N2O4S/c25-14-34(31,32)28-22-19(29(13-24(22)8-9-24)23(30)20-7-10-33-20)12-16-4-2-6-18(21(16)27)15-3-1-5-17(26)11-15/h1-6,11,19-20,22,28H,7-10,12-14H2/t19-,20+,22+/m0/s1. The monoisotopic (exact) mass is 494 g/mol.